The highest BCUT2D eigenvalue weighted by atomic mass is 16.6. The van der Waals surface area contributed by atoms with Crippen LogP contribution in [0.1, 0.15) is 39.5 Å². The van der Waals surface area contributed by atoms with Crippen LogP contribution in [0, 0.1) is 16.0 Å². The molecule has 1 saturated carbocycles. The number of pyridine rings is 1. The number of nitrogens with zero attached hydrogens (tertiary/aromatic N) is 3. The Bertz CT molecular complexity index is 745. The molecule has 2 fully saturated rings. The molecule has 1 aromatic heterocycles. The van der Waals surface area contributed by atoms with Gasteiger partial charge in [0.1, 0.15) is 17.7 Å². The lowest BCUT2D eigenvalue weighted by molar-refractivity contribution is -0.384. The summed E-state index contributed by atoms with van der Waals surface area (Å²) in [7, 11) is 0. The first kappa shape index (κ1) is 23.2. The minimum Gasteiger partial charge on any atom is -0.379 e. The van der Waals surface area contributed by atoms with Crippen LogP contribution in [0.15, 0.2) is 12.3 Å². The van der Waals surface area contributed by atoms with Crippen molar-refractivity contribution in [1.29, 1.82) is 0 Å². The number of morpholine rings is 1. The van der Waals surface area contributed by atoms with Crippen molar-refractivity contribution in [2.24, 2.45) is 5.92 Å². The highest BCUT2D eigenvalue weighted by Gasteiger charge is 2.28. The van der Waals surface area contributed by atoms with Crippen LogP contribution in [-0.4, -0.2) is 72.2 Å². The highest BCUT2D eigenvalue weighted by molar-refractivity contribution is 5.79. The van der Waals surface area contributed by atoms with Gasteiger partial charge in [-0.15, -0.1) is 0 Å². The number of hydrogen-bond acceptors (Lipinski definition) is 8. The Hall–Kier alpha value is -2.46. The Morgan fingerprint density at radius 3 is 2.65 bits per heavy atom. The van der Waals surface area contributed by atoms with Gasteiger partial charge < -0.3 is 20.7 Å². The zero-order valence-electron chi connectivity index (χ0n) is 18.4. The van der Waals surface area contributed by atoms with Crippen molar-refractivity contribution in [3.63, 3.8) is 0 Å². The molecule has 2 heterocycles. The average Bonchev–Trinajstić information content (AvgIpc) is 2.74. The third-order valence-electron chi connectivity index (χ3n) is 5.81. The van der Waals surface area contributed by atoms with Crippen LogP contribution in [0.2, 0.25) is 0 Å². The fourth-order valence-electron chi connectivity index (χ4n) is 4.10. The number of rotatable bonds is 9. The summed E-state index contributed by atoms with van der Waals surface area (Å²) in [6.45, 7) is 8.84. The summed E-state index contributed by atoms with van der Waals surface area (Å²) < 4.78 is 5.36. The first-order valence-corrected chi connectivity index (χ1v) is 11.2. The van der Waals surface area contributed by atoms with E-state index in [1.807, 2.05) is 13.8 Å². The molecule has 10 heteroatoms. The molecule has 0 aromatic carbocycles. The molecule has 0 bridgehead atoms. The molecule has 0 radical (unpaired) electrons. The van der Waals surface area contributed by atoms with Gasteiger partial charge in [-0.25, -0.2) is 4.98 Å². The summed E-state index contributed by atoms with van der Waals surface area (Å²) in [6, 6.07) is 1.96. The van der Waals surface area contributed by atoms with E-state index in [4.69, 9.17) is 4.74 Å². The molecule has 31 heavy (non-hydrogen) atoms. The summed E-state index contributed by atoms with van der Waals surface area (Å²) in [4.78, 5) is 29.8. The van der Waals surface area contributed by atoms with Gasteiger partial charge in [-0.1, -0.05) is 0 Å². The molecule has 0 spiro atoms. The number of carbonyl (C=O) groups is 1. The van der Waals surface area contributed by atoms with Crippen LogP contribution in [0.25, 0.3) is 0 Å². The van der Waals surface area contributed by atoms with E-state index >= 15 is 0 Å². The third-order valence-corrected chi connectivity index (χ3v) is 5.81. The van der Waals surface area contributed by atoms with E-state index in [0.717, 1.165) is 58.5 Å². The SMILES string of the molecule is CC(C)NC(=O)[C@H]1CC[C@@H](Nc2cc(NCCN3CCOCC3)ncc2[N+](=O)[O-])CC1. The predicted octanol–water partition coefficient (Wildman–Crippen LogP) is 2.23. The molecule has 1 saturated heterocycles. The van der Waals surface area contributed by atoms with Crippen LogP contribution in [0.3, 0.4) is 0 Å². The Balaban J connectivity index is 1.54. The summed E-state index contributed by atoms with van der Waals surface area (Å²) in [5, 5.41) is 21.0. The zero-order chi connectivity index (χ0) is 22.2. The lowest BCUT2D eigenvalue weighted by Gasteiger charge is -2.29. The molecule has 10 nitrogen and oxygen atoms in total. The topological polar surface area (TPSA) is 122 Å². The van der Waals surface area contributed by atoms with Crippen LogP contribution >= 0.6 is 0 Å². The smallest absolute Gasteiger partial charge is 0.310 e. The second kappa shape index (κ2) is 11.2. The fourth-order valence-corrected chi connectivity index (χ4v) is 4.10. The fraction of sp³-hybridized carbons (Fsp3) is 0.714. The standard InChI is InChI=1S/C21H34N6O4/c1-15(2)24-21(28)16-3-5-17(6-4-16)25-18-13-20(23-14-19(18)27(29)30)22-7-8-26-9-11-31-12-10-26/h13-17H,3-12H2,1-2H3,(H,24,28)(H2,22,23,25)/t16-,17+. The maximum absolute atomic E-state index is 12.2. The van der Waals surface area contributed by atoms with E-state index in [1.54, 1.807) is 6.07 Å². The van der Waals surface area contributed by atoms with Crippen molar-refractivity contribution in [3.05, 3.63) is 22.4 Å². The first-order valence-electron chi connectivity index (χ1n) is 11.2. The van der Waals surface area contributed by atoms with Crippen molar-refractivity contribution >= 4 is 23.1 Å². The minimum absolute atomic E-state index is 0.0188. The summed E-state index contributed by atoms with van der Waals surface area (Å²) in [5.74, 6) is 0.742. The summed E-state index contributed by atoms with van der Waals surface area (Å²) >= 11 is 0. The average molecular weight is 435 g/mol. The van der Waals surface area contributed by atoms with Gasteiger partial charge in [0, 0.05) is 50.2 Å². The Morgan fingerprint density at radius 2 is 2.00 bits per heavy atom. The Morgan fingerprint density at radius 1 is 1.29 bits per heavy atom. The van der Waals surface area contributed by atoms with Gasteiger partial charge in [0.05, 0.1) is 18.1 Å². The van der Waals surface area contributed by atoms with E-state index in [1.165, 1.54) is 6.20 Å². The van der Waals surface area contributed by atoms with Gasteiger partial charge in [0.2, 0.25) is 5.91 Å². The number of aromatic nitrogens is 1. The molecule has 1 aromatic rings. The minimum atomic E-state index is -0.408. The zero-order valence-corrected chi connectivity index (χ0v) is 18.4. The number of anilines is 2. The third kappa shape index (κ3) is 7.03. The van der Waals surface area contributed by atoms with Gasteiger partial charge in [0.15, 0.2) is 0 Å². The molecule has 1 aliphatic heterocycles. The lowest BCUT2D eigenvalue weighted by Crippen LogP contribution is -2.39. The quantitative estimate of drug-likeness (QED) is 0.400. The van der Waals surface area contributed by atoms with Gasteiger partial charge in [-0.2, -0.15) is 0 Å². The van der Waals surface area contributed by atoms with E-state index in [-0.39, 0.29) is 29.6 Å². The predicted molar refractivity (Wildman–Crippen MR) is 119 cm³/mol. The van der Waals surface area contributed by atoms with Crippen LogP contribution in [0.4, 0.5) is 17.2 Å². The maximum atomic E-state index is 12.2. The van der Waals surface area contributed by atoms with Gasteiger partial charge in [-0.3, -0.25) is 19.8 Å². The van der Waals surface area contributed by atoms with Crippen molar-refractivity contribution in [3.8, 4) is 0 Å². The van der Waals surface area contributed by atoms with E-state index in [0.29, 0.717) is 18.1 Å². The monoisotopic (exact) mass is 434 g/mol. The molecule has 0 unspecified atom stereocenters. The number of hydrogen-bond donors (Lipinski definition) is 3. The molecule has 172 valence electrons. The first-order chi connectivity index (χ1) is 14.9. The number of ether oxygens (including phenoxy) is 1. The summed E-state index contributed by atoms with van der Waals surface area (Å²) in [6.07, 6.45) is 4.46. The van der Waals surface area contributed by atoms with Crippen LogP contribution in [-0.2, 0) is 9.53 Å². The molecule has 3 N–H and O–H groups in total. The number of carbonyl (C=O) groups excluding carboxylic acids is 1. The largest absolute Gasteiger partial charge is 0.379 e. The molecule has 1 amide bonds. The van der Waals surface area contributed by atoms with Crippen molar-refractivity contribution in [2.75, 3.05) is 50.0 Å². The molecule has 2 aliphatic rings. The Labute approximate surface area is 183 Å². The van der Waals surface area contributed by atoms with Crippen molar-refractivity contribution in [1.82, 2.24) is 15.2 Å². The maximum Gasteiger partial charge on any atom is 0.310 e. The van der Waals surface area contributed by atoms with Crippen LogP contribution < -0.4 is 16.0 Å². The molecule has 0 atom stereocenters. The second-order valence-electron chi connectivity index (χ2n) is 8.58. The van der Waals surface area contributed by atoms with Gasteiger partial charge in [0.25, 0.3) is 0 Å². The molecule has 3 rings (SSSR count). The van der Waals surface area contributed by atoms with E-state index in [2.05, 4.69) is 25.8 Å². The molecular formula is C21H34N6O4. The van der Waals surface area contributed by atoms with E-state index < -0.39 is 4.92 Å². The normalized spacial score (nSPS) is 22.2. The lowest BCUT2D eigenvalue weighted by atomic mass is 9.85. The van der Waals surface area contributed by atoms with E-state index in [9.17, 15) is 14.9 Å². The molecular weight excluding hydrogens is 400 g/mol. The number of nitro groups is 1. The van der Waals surface area contributed by atoms with Crippen molar-refractivity contribution in [2.45, 2.75) is 51.6 Å². The second-order valence-corrected chi connectivity index (χ2v) is 8.58. The van der Waals surface area contributed by atoms with Gasteiger partial charge in [-0.05, 0) is 39.5 Å². The Kier molecular flexibility index (Phi) is 8.42. The number of nitrogens with one attached hydrogen (secondary N) is 3. The number of amides is 1. The molecule has 1 aliphatic carbocycles. The summed E-state index contributed by atoms with van der Waals surface area (Å²) in [5.41, 5.74) is 0.447. The van der Waals surface area contributed by atoms with Crippen LogP contribution in [0.5, 0.6) is 0 Å². The van der Waals surface area contributed by atoms with Crippen molar-refractivity contribution < 1.29 is 14.5 Å². The van der Waals surface area contributed by atoms with Gasteiger partial charge >= 0.3 is 5.69 Å². The highest BCUT2D eigenvalue weighted by Crippen LogP contribution is 2.31.